The van der Waals surface area contributed by atoms with Gasteiger partial charge in [-0.15, -0.1) is 4.28 Å². The number of ether oxygens (including phenoxy) is 1. The van der Waals surface area contributed by atoms with Crippen molar-refractivity contribution < 1.29 is 17.4 Å². The van der Waals surface area contributed by atoms with E-state index in [0.717, 1.165) is 5.56 Å². The molecular weight excluding hydrogens is 302 g/mol. The molecule has 3 rings (SSSR count). The lowest BCUT2D eigenvalue weighted by atomic mass is 10.1. The van der Waals surface area contributed by atoms with E-state index in [9.17, 15) is 8.42 Å². The Bertz CT molecular complexity index is 802. The van der Waals surface area contributed by atoms with E-state index in [-0.39, 0.29) is 5.75 Å². The van der Waals surface area contributed by atoms with Crippen LogP contribution in [0.25, 0.3) is 0 Å². The quantitative estimate of drug-likeness (QED) is 0.855. The van der Waals surface area contributed by atoms with Gasteiger partial charge >= 0.3 is 0 Å². The van der Waals surface area contributed by atoms with E-state index in [1.54, 1.807) is 25.1 Å². The fourth-order valence-electron chi connectivity index (χ4n) is 2.31. The molecule has 0 saturated carbocycles. The van der Waals surface area contributed by atoms with Crippen molar-refractivity contribution in [2.24, 2.45) is 0 Å². The molecule has 2 aromatic carbocycles. The lowest BCUT2D eigenvalue weighted by Gasteiger charge is -2.30. The van der Waals surface area contributed by atoms with Crippen molar-refractivity contribution in [2.45, 2.75) is 20.3 Å². The number of rotatable bonds is 4. The number of fused-ring (bicyclic) bond motifs is 2. The summed E-state index contributed by atoms with van der Waals surface area (Å²) in [4.78, 5) is 0. The van der Waals surface area contributed by atoms with Crippen molar-refractivity contribution in [3.05, 3.63) is 48.0 Å². The molecule has 0 aliphatic carbocycles. The highest BCUT2D eigenvalue weighted by Gasteiger charge is 2.29. The van der Waals surface area contributed by atoms with Gasteiger partial charge in [0.2, 0.25) is 0 Å². The zero-order valence-corrected chi connectivity index (χ0v) is 13.3. The van der Waals surface area contributed by atoms with Crippen LogP contribution in [-0.2, 0) is 14.4 Å². The van der Waals surface area contributed by atoms with Gasteiger partial charge in [-0.3, -0.25) is 0 Å². The highest BCUT2D eigenvalue weighted by atomic mass is 32.2. The van der Waals surface area contributed by atoms with Crippen molar-refractivity contribution in [2.75, 3.05) is 10.8 Å². The van der Waals surface area contributed by atoms with Crippen LogP contribution in [0.2, 0.25) is 0 Å². The van der Waals surface area contributed by atoms with E-state index < -0.39 is 10.1 Å². The number of benzene rings is 2. The molecule has 0 spiro atoms. The minimum atomic E-state index is -3.66. The van der Waals surface area contributed by atoms with Gasteiger partial charge in [0.25, 0.3) is 10.1 Å². The third-order valence-corrected chi connectivity index (χ3v) is 4.56. The molecule has 5 nitrogen and oxygen atoms in total. The van der Waals surface area contributed by atoms with Crippen LogP contribution >= 0.6 is 0 Å². The largest absolute Gasteiger partial charge is 0.453 e. The van der Waals surface area contributed by atoms with E-state index >= 15 is 0 Å². The van der Waals surface area contributed by atoms with Gasteiger partial charge in [-0.05, 0) is 43.2 Å². The van der Waals surface area contributed by atoms with Crippen molar-refractivity contribution in [1.29, 1.82) is 0 Å². The summed E-state index contributed by atoms with van der Waals surface area (Å²) < 4.78 is 35.3. The molecule has 0 unspecified atom stereocenters. The molecule has 0 bridgehead atoms. The maximum atomic E-state index is 12.1. The summed E-state index contributed by atoms with van der Waals surface area (Å²) in [6, 6.07) is 12.7. The first kappa shape index (κ1) is 14.9. The summed E-state index contributed by atoms with van der Waals surface area (Å²) in [5, 5.41) is 1.33. The fraction of sp³-hybridized carbons (Fsp3) is 0.250. The third kappa shape index (κ3) is 2.80. The second-order valence-corrected chi connectivity index (χ2v) is 6.84. The Hall–Kier alpha value is -2.05. The first-order chi connectivity index (χ1) is 10.5. The second-order valence-electron chi connectivity index (χ2n) is 5.17. The molecule has 2 aromatic rings. The molecule has 0 saturated heterocycles. The van der Waals surface area contributed by atoms with Crippen LogP contribution in [-0.4, -0.2) is 14.2 Å². The summed E-state index contributed by atoms with van der Waals surface area (Å²) in [6.45, 7) is 3.74. The summed E-state index contributed by atoms with van der Waals surface area (Å²) in [5.74, 6) is 1.10. The number of anilines is 2. The Morgan fingerprint density at radius 2 is 1.82 bits per heavy atom. The molecule has 0 atom stereocenters. The number of hydrogen-bond acceptors (Lipinski definition) is 5. The SMILES string of the molecule is CCCS(=O)(=O)ON1c2ccccc2Oc2cc(C)ccc21. The maximum Gasteiger partial charge on any atom is 0.288 e. The van der Waals surface area contributed by atoms with Gasteiger partial charge in [0.15, 0.2) is 11.5 Å². The second kappa shape index (κ2) is 5.62. The summed E-state index contributed by atoms with van der Waals surface area (Å²) in [6.07, 6.45) is 0.495. The minimum Gasteiger partial charge on any atom is -0.453 e. The van der Waals surface area contributed by atoms with Gasteiger partial charge in [0.05, 0.1) is 5.75 Å². The summed E-state index contributed by atoms with van der Waals surface area (Å²) in [5.41, 5.74) is 2.16. The highest BCUT2D eigenvalue weighted by molar-refractivity contribution is 7.86. The fourth-order valence-corrected chi connectivity index (χ4v) is 3.27. The van der Waals surface area contributed by atoms with Gasteiger partial charge in [-0.1, -0.05) is 25.1 Å². The Labute approximate surface area is 130 Å². The van der Waals surface area contributed by atoms with Crippen LogP contribution in [0.1, 0.15) is 18.9 Å². The standard InChI is InChI=1S/C16H17NO4S/c1-3-10-22(18,19)21-17-13-6-4-5-7-15(13)20-16-11-12(2)8-9-14(16)17/h4-9,11H,3,10H2,1-2H3. The van der Waals surface area contributed by atoms with E-state index in [1.807, 2.05) is 31.2 Å². The topological polar surface area (TPSA) is 55.8 Å². The van der Waals surface area contributed by atoms with E-state index in [2.05, 4.69) is 0 Å². The van der Waals surface area contributed by atoms with Crippen molar-refractivity contribution in [1.82, 2.24) is 0 Å². The first-order valence-corrected chi connectivity index (χ1v) is 8.68. The molecule has 1 aliphatic heterocycles. The molecule has 1 aliphatic rings. The average Bonchev–Trinajstić information content (AvgIpc) is 2.46. The summed E-state index contributed by atoms with van der Waals surface area (Å²) >= 11 is 0. The number of para-hydroxylation sites is 2. The first-order valence-electron chi connectivity index (χ1n) is 7.10. The predicted octanol–water partition coefficient (Wildman–Crippen LogP) is 3.91. The highest BCUT2D eigenvalue weighted by Crippen LogP contribution is 2.47. The maximum absolute atomic E-state index is 12.1. The van der Waals surface area contributed by atoms with Crippen LogP contribution in [0.5, 0.6) is 11.5 Å². The molecule has 22 heavy (non-hydrogen) atoms. The Morgan fingerprint density at radius 1 is 1.09 bits per heavy atom. The molecule has 0 radical (unpaired) electrons. The van der Waals surface area contributed by atoms with Crippen molar-refractivity contribution >= 4 is 21.5 Å². The number of hydrogen-bond donors (Lipinski definition) is 0. The molecule has 0 N–H and O–H groups in total. The van der Waals surface area contributed by atoms with E-state index in [1.165, 1.54) is 5.06 Å². The Morgan fingerprint density at radius 3 is 2.59 bits per heavy atom. The van der Waals surface area contributed by atoms with Crippen LogP contribution in [0, 0.1) is 6.92 Å². The number of nitrogens with zero attached hydrogens (tertiary/aromatic N) is 1. The van der Waals surface area contributed by atoms with E-state index in [0.29, 0.717) is 29.3 Å². The van der Waals surface area contributed by atoms with Gasteiger partial charge in [0.1, 0.15) is 11.4 Å². The molecular formula is C16H17NO4S. The van der Waals surface area contributed by atoms with E-state index in [4.69, 9.17) is 9.02 Å². The van der Waals surface area contributed by atoms with Crippen LogP contribution < -0.4 is 9.80 Å². The zero-order chi connectivity index (χ0) is 15.7. The van der Waals surface area contributed by atoms with Crippen molar-refractivity contribution in [3.8, 4) is 11.5 Å². The normalized spacial score (nSPS) is 13.3. The lowest BCUT2D eigenvalue weighted by molar-refractivity contribution is 0.308. The molecule has 0 aromatic heterocycles. The predicted molar refractivity (Wildman–Crippen MR) is 85.0 cm³/mol. The molecule has 0 fully saturated rings. The van der Waals surface area contributed by atoms with Gasteiger partial charge in [-0.25, -0.2) is 0 Å². The summed E-state index contributed by atoms with van der Waals surface area (Å²) in [7, 11) is -3.66. The zero-order valence-electron chi connectivity index (χ0n) is 12.4. The molecule has 6 heteroatoms. The molecule has 116 valence electrons. The lowest BCUT2D eigenvalue weighted by Crippen LogP contribution is -2.26. The van der Waals surface area contributed by atoms with Gasteiger partial charge < -0.3 is 4.74 Å². The van der Waals surface area contributed by atoms with Gasteiger partial charge in [-0.2, -0.15) is 13.5 Å². The monoisotopic (exact) mass is 319 g/mol. The van der Waals surface area contributed by atoms with Crippen LogP contribution in [0.4, 0.5) is 11.4 Å². The smallest absolute Gasteiger partial charge is 0.288 e. The average molecular weight is 319 g/mol. The molecule has 1 heterocycles. The van der Waals surface area contributed by atoms with Crippen molar-refractivity contribution in [3.63, 3.8) is 0 Å². The number of aryl methyl sites for hydroxylation is 1. The van der Waals surface area contributed by atoms with Crippen LogP contribution in [0.15, 0.2) is 42.5 Å². The Balaban J connectivity index is 2.09. The minimum absolute atomic E-state index is 0.0340. The third-order valence-electron chi connectivity index (χ3n) is 3.28. The Kier molecular flexibility index (Phi) is 3.80. The van der Waals surface area contributed by atoms with Gasteiger partial charge in [0, 0.05) is 0 Å². The molecule has 0 amide bonds. The van der Waals surface area contributed by atoms with Crippen LogP contribution in [0.3, 0.4) is 0 Å².